The minimum atomic E-state index is -3.69. The number of hydrogen-bond acceptors (Lipinski definition) is 6. The van der Waals surface area contributed by atoms with Crippen LogP contribution in [0, 0.1) is 0 Å². The molecule has 1 aromatic carbocycles. The van der Waals surface area contributed by atoms with E-state index < -0.39 is 10.0 Å². The minimum absolute atomic E-state index is 0.0612. The Kier molecular flexibility index (Phi) is 6.19. The van der Waals surface area contributed by atoms with E-state index in [0.717, 1.165) is 0 Å². The van der Waals surface area contributed by atoms with Crippen molar-refractivity contribution in [3.8, 4) is 5.75 Å². The number of esters is 1. The molecule has 0 amide bonds. The van der Waals surface area contributed by atoms with Gasteiger partial charge in [-0.15, -0.1) is 11.8 Å². The first kappa shape index (κ1) is 18.4. The molecule has 1 fully saturated rings. The zero-order chi connectivity index (χ0) is 17.0. The molecule has 23 heavy (non-hydrogen) atoms. The smallest absolute Gasteiger partial charge is 0.315 e. The summed E-state index contributed by atoms with van der Waals surface area (Å²) < 4.78 is 36.7. The fourth-order valence-electron chi connectivity index (χ4n) is 2.29. The number of ether oxygens (including phenoxy) is 2. The van der Waals surface area contributed by atoms with Crippen molar-refractivity contribution < 1.29 is 22.7 Å². The van der Waals surface area contributed by atoms with E-state index in [0.29, 0.717) is 24.5 Å². The molecule has 0 radical (unpaired) electrons. The molecule has 0 saturated carbocycles. The summed E-state index contributed by atoms with van der Waals surface area (Å²) in [6.45, 7) is 0.747. The monoisotopic (exact) mass is 379 g/mol. The van der Waals surface area contributed by atoms with Crippen molar-refractivity contribution in [2.24, 2.45) is 0 Å². The van der Waals surface area contributed by atoms with E-state index in [1.165, 1.54) is 42.4 Å². The fourth-order valence-corrected chi connectivity index (χ4v) is 5.35. The lowest BCUT2D eigenvalue weighted by Gasteiger charge is -2.18. The van der Waals surface area contributed by atoms with Crippen LogP contribution >= 0.6 is 23.4 Å². The van der Waals surface area contributed by atoms with Crippen LogP contribution in [-0.4, -0.2) is 57.0 Å². The van der Waals surface area contributed by atoms with Gasteiger partial charge in [-0.2, -0.15) is 4.31 Å². The number of carbonyl (C=O) groups is 1. The van der Waals surface area contributed by atoms with Crippen LogP contribution in [0.2, 0.25) is 5.02 Å². The normalized spacial score (nSPS) is 18.8. The van der Waals surface area contributed by atoms with Crippen LogP contribution in [0.25, 0.3) is 0 Å². The zero-order valence-corrected chi connectivity index (χ0v) is 15.2. The van der Waals surface area contributed by atoms with Gasteiger partial charge in [0.1, 0.15) is 10.6 Å². The number of nitrogens with zero attached hydrogens (tertiary/aromatic N) is 1. The molecule has 9 heteroatoms. The first-order valence-electron chi connectivity index (χ1n) is 6.90. The molecule has 0 N–H and O–H groups in total. The Balaban J connectivity index is 2.12. The second-order valence-corrected chi connectivity index (χ2v) is 8.59. The van der Waals surface area contributed by atoms with Crippen molar-refractivity contribution in [1.82, 2.24) is 4.31 Å². The third kappa shape index (κ3) is 4.32. The summed E-state index contributed by atoms with van der Waals surface area (Å²) in [7, 11) is -0.936. The maximum Gasteiger partial charge on any atom is 0.315 e. The first-order valence-corrected chi connectivity index (χ1v) is 9.77. The second-order valence-electron chi connectivity index (χ2n) is 4.96. The van der Waals surface area contributed by atoms with Gasteiger partial charge in [-0.3, -0.25) is 4.79 Å². The van der Waals surface area contributed by atoms with Crippen molar-refractivity contribution in [1.29, 1.82) is 0 Å². The lowest BCUT2D eigenvalue weighted by Crippen LogP contribution is -2.29. The largest absolute Gasteiger partial charge is 0.495 e. The van der Waals surface area contributed by atoms with E-state index in [-0.39, 0.29) is 27.6 Å². The number of sulfonamides is 1. The van der Waals surface area contributed by atoms with E-state index in [4.69, 9.17) is 16.3 Å². The molecule has 128 valence electrons. The molecule has 1 saturated heterocycles. The Bertz CT molecular complexity index is 680. The maximum atomic E-state index is 12.8. The summed E-state index contributed by atoms with van der Waals surface area (Å²) in [5.41, 5.74) is 0. The lowest BCUT2D eigenvalue weighted by atomic mass is 10.3. The van der Waals surface area contributed by atoms with E-state index >= 15 is 0 Å². The first-order chi connectivity index (χ1) is 10.9. The predicted octanol–water partition coefficient (Wildman–Crippen LogP) is 2.02. The summed E-state index contributed by atoms with van der Waals surface area (Å²) in [4.78, 5) is 11.2. The Labute approximate surface area is 145 Å². The Morgan fingerprint density at radius 1 is 1.43 bits per heavy atom. The van der Waals surface area contributed by atoms with Crippen LogP contribution in [0.1, 0.15) is 6.42 Å². The standard InChI is InChI=1S/C14H18ClNO5S2/c1-20-12-4-3-10(15)7-13(12)23(18,19)16-6-5-11(8-16)22-9-14(17)21-2/h3-4,7,11H,5-6,8-9H2,1-2H3/t11-/m1/s1. The fraction of sp³-hybridized carbons (Fsp3) is 0.500. The van der Waals surface area contributed by atoms with Gasteiger partial charge in [0.25, 0.3) is 0 Å². The Morgan fingerprint density at radius 2 is 2.17 bits per heavy atom. The summed E-state index contributed by atoms with van der Waals surface area (Å²) in [5.74, 6) is 0.170. The number of hydrogen-bond donors (Lipinski definition) is 0. The van der Waals surface area contributed by atoms with Crippen LogP contribution in [0.5, 0.6) is 5.75 Å². The van der Waals surface area contributed by atoms with Gasteiger partial charge in [-0.25, -0.2) is 8.42 Å². The number of halogens is 1. The highest BCUT2D eigenvalue weighted by Crippen LogP contribution is 2.33. The number of benzene rings is 1. The van der Waals surface area contributed by atoms with Crippen LogP contribution in [0.15, 0.2) is 23.1 Å². The molecule has 1 aliphatic heterocycles. The molecule has 0 spiro atoms. The van der Waals surface area contributed by atoms with E-state index in [1.54, 1.807) is 6.07 Å². The van der Waals surface area contributed by atoms with Crippen LogP contribution in [0.4, 0.5) is 0 Å². The molecule has 1 aliphatic rings. The molecular weight excluding hydrogens is 362 g/mol. The number of methoxy groups -OCH3 is 2. The molecule has 1 aromatic rings. The van der Waals surface area contributed by atoms with Crippen LogP contribution in [0.3, 0.4) is 0 Å². The molecule has 1 atom stereocenters. The van der Waals surface area contributed by atoms with E-state index in [1.807, 2.05) is 0 Å². The summed E-state index contributed by atoms with van der Waals surface area (Å²) in [5, 5.41) is 0.397. The van der Waals surface area contributed by atoms with Crippen molar-refractivity contribution in [3.63, 3.8) is 0 Å². The summed E-state index contributed by atoms with van der Waals surface area (Å²) in [6, 6.07) is 4.51. The van der Waals surface area contributed by atoms with Gasteiger partial charge < -0.3 is 9.47 Å². The highest BCUT2D eigenvalue weighted by molar-refractivity contribution is 8.00. The van der Waals surface area contributed by atoms with Crippen molar-refractivity contribution in [2.75, 3.05) is 33.1 Å². The van der Waals surface area contributed by atoms with Crippen molar-refractivity contribution in [3.05, 3.63) is 23.2 Å². The second kappa shape index (κ2) is 7.74. The van der Waals surface area contributed by atoms with Gasteiger partial charge in [-0.1, -0.05) is 11.6 Å². The van der Waals surface area contributed by atoms with Gasteiger partial charge in [0.2, 0.25) is 10.0 Å². The molecule has 6 nitrogen and oxygen atoms in total. The summed E-state index contributed by atoms with van der Waals surface area (Å²) in [6.07, 6.45) is 0.684. The Hall–Kier alpha value is -0.960. The van der Waals surface area contributed by atoms with Crippen molar-refractivity contribution in [2.45, 2.75) is 16.6 Å². The number of carbonyl (C=O) groups excluding carboxylic acids is 1. The van der Waals surface area contributed by atoms with Gasteiger partial charge in [-0.05, 0) is 24.6 Å². The number of rotatable bonds is 6. The quantitative estimate of drug-likeness (QED) is 0.704. The maximum absolute atomic E-state index is 12.8. The Morgan fingerprint density at radius 3 is 2.83 bits per heavy atom. The van der Waals surface area contributed by atoms with Crippen molar-refractivity contribution >= 4 is 39.4 Å². The highest BCUT2D eigenvalue weighted by Gasteiger charge is 2.34. The van der Waals surface area contributed by atoms with E-state index in [2.05, 4.69) is 4.74 Å². The summed E-state index contributed by atoms with van der Waals surface area (Å²) >= 11 is 7.33. The predicted molar refractivity (Wildman–Crippen MR) is 89.6 cm³/mol. The third-order valence-electron chi connectivity index (χ3n) is 3.52. The zero-order valence-electron chi connectivity index (χ0n) is 12.8. The van der Waals surface area contributed by atoms with Gasteiger partial charge in [0.15, 0.2) is 0 Å². The minimum Gasteiger partial charge on any atom is -0.495 e. The lowest BCUT2D eigenvalue weighted by molar-refractivity contribution is -0.137. The molecule has 0 aliphatic carbocycles. The average molecular weight is 380 g/mol. The van der Waals surface area contributed by atoms with Crippen LogP contribution < -0.4 is 4.74 Å². The average Bonchev–Trinajstić information content (AvgIpc) is 3.02. The molecule has 0 aromatic heterocycles. The molecule has 1 heterocycles. The topological polar surface area (TPSA) is 72.9 Å². The van der Waals surface area contributed by atoms with Gasteiger partial charge in [0.05, 0.1) is 20.0 Å². The molecule has 2 rings (SSSR count). The van der Waals surface area contributed by atoms with Gasteiger partial charge in [0, 0.05) is 23.4 Å². The SMILES string of the molecule is COC(=O)CS[C@@H]1CCN(S(=O)(=O)c2cc(Cl)ccc2OC)C1. The number of thioether (sulfide) groups is 1. The highest BCUT2D eigenvalue weighted by atomic mass is 35.5. The third-order valence-corrected chi connectivity index (χ3v) is 6.90. The molecular formula is C14H18ClNO5S2. The molecule has 0 unspecified atom stereocenters. The van der Waals surface area contributed by atoms with E-state index in [9.17, 15) is 13.2 Å². The van der Waals surface area contributed by atoms with Crippen LogP contribution in [-0.2, 0) is 19.6 Å². The molecule has 0 bridgehead atoms. The van der Waals surface area contributed by atoms with Gasteiger partial charge >= 0.3 is 5.97 Å².